The zero-order valence-electron chi connectivity index (χ0n) is 26.2. The van der Waals surface area contributed by atoms with E-state index < -0.39 is 0 Å². The van der Waals surface area contributed by atoms with Gasteiger partial charge in [-0.15, -0.1) is 17.5 Å². The molecule has 4 aromatic rings. The predicted molar refractivity (Wildman–Crippen MR) is 180 cm³/mol. The fourth-order valence-electron chi connectivity index (χ4n) is 4.21. The second-order valence-corrected chi connectivity index (χ2v) is 12.6. The number of benzene rings is 4. The van der Waals surface area contributed by atoms with Crippen molar-refractivity contribution in [3.63, 3.8) is 0 Å². The van der Waals surface area contributed by atoms with E-state index in [1.807, 2.05) is 54.6 Å². The SMILES string of the molecule is CC(C)(C)c1[c-]c2c(cc1)-c1ccc(C(C)(C)C)cc1C2.Cc1cc[c-]cc1.Clc1c[c-]ccc1.[C-]1=CC=CC1.[CH2]=[Zr]. The Morgan fingerprint density at radius 3 is 1.93 bits per heavy atom. The number of halogens is 1. The molecular weight excluding hydrogens is 607 g/mol. The van der Waals surface area contributed by atoms with Crippen LogP contribution in [-0.4, -0.2) is 4.21 Å². The van der Waals surface area contributed by atoms with Gasteiger partial charge in [-0.2, -0.15) is 108 Å². The molecular formula is C40H43ClZr-4. The predicted octanol–water partition coefficient (Wildman–Crippen LogP) is 10.9. The van der Waals surface area contributed by atoms with Gasteiger partial charge in [-0.1, -0.05) is 77.3 Å². The molecule has 0 atom stereocenters. The molecule has 0 bridgehead atoms. The first-order valence-electron chi connectivity index (χ1n) is 14.3. The molecule has 2 heteroatoms. The molecule has 6 rings (SSSR count). The summed E-state index contributed by atoms with van der Waals surface area (Å²) in [4.78, 5) is 0. The third-order valence-electron chi connectivity index (χ3n) is 6.60. The molecule has 0 heterocycles. The topological polar surface area (TPSA) is 0 Å². The molecule has 2 aliphatic rings. The Labute approximate surface area is 275 Å². The average molecular weight is 650 g/mol. The molecule has 0 unspecified atom stereocenters. The number of allylic oxidation sites excluding steroid dienone is 4. The van der Waals surface area contributed by atoms with Gasteiger partial charge in [-0.3, -0.25) is 6.08 Å². The van der Waals surface area contributed by atoms with Gasteiger partial charge >= 0.3 is 28.4 Å². The van der Waals surface area contributed by atoms with E-state index >= 15 is 0 Å². The third kappa shape index (κ3) is 12.0. The third-order valence-corrected chi connectivity index (χ3v) is 6.84. The van der Waals surface area contributed by atoms with Crippen molar-refractivity contribution >= 4 is 15.8 Å². The molecule has 0 spiro atoms. The summed E-state index contributed by atoms with van der Waals surface area (Å²) in [7, 11) is 0. The van der Waals surface area contributed by atoms with Crippen LogP contribution in [0.5, 0.6) is 0 Å². The van der Waals surface area contributed by atoms with Gasteiger partial charge in [0.2, 0.25) is 0 Å². The normalized spacial score (nSPS) is 12.1. The Hall–Kier alpha value is -2.60. The molecule has 2 aliphatic carbocycles. The van der Waals surface area contributed by atoms with Crippen LogP contribution in [0, 0.1) is 31.2 Å². The van der Waals surface area contributed by atoms with Gasteiger partial charge in [0, 0.05) is 0 Å². The molecule has 0 saturated carbocycles. The minimum absolute atomic E-state index is 0.167. The van der Waals surface area contributed by atoms with Gasteiger partial charge in [-0.25, -0.2) is 12.2 Å². The van der Waals surface area contributed by atoms with Crippen LogP contribution in [0.3, 0.4) is 0 Å². The Bertz CT molecular complexity index is 1310. The molecule has 0 amide bonds. The quantitative estimate of drug-likeness (QED) is 0.146. The Balaban J connectivity index is 0.000000237. The van der Waals surface area contributed by atoms with E-state index in [1.165, 1.54) is 63.2 Å². The molecule has 42 heavy (non-hydrogen) atoms. The standard InChI is InChI=1S/C21H25.C7H7.C6H4Cl.C5H5.CH2.Zr/c1-20(2,3)16-7-9-18-14(12-16)11-15-13-17(21(4,5)6)8-10-19(15)18;1-7-5-3-2-4-6-7;7-6-4-2-1-3-5-6;1-2-4-5-3-1;;/h7-10,12H,11H2,1-6H3;3-6H,1H3;1-2,4-5H;1-3H,4H2;1H2;/q4*-1;;. The van der Waals surface area contributed by atoms with E-state index in [4.69, 9.17) is 11.6 Å². The van der Waals surface area contributed by atoms with Gasteiger partial charge in [-0.05, 0) is 28.4 Å². The van der Waals surface area contributed by atoms with E-state index in [1.54, 1.807) is 6.07 Å². The maximum atomic E-state index is 5.51. The summed E-state index contributed by atoms with van der Waals surface area (Å²) in [5.74, 6) is 0. The summed E-state index contributed by atoms with van der Waals surface area (Å²) >= 11 is 6.81. The zero-order valence-corrected chi connectivity index (χ0v) is 29.5. The van der Waals surface area contributed by atoms with Gasteiger partial charge in [0.1, 0.15) is 0 Å². The van der Waals surface area contributed by atoms with Crippen molar-refractivity contribution in [1.29, 1.82) is 0 Å². The van der Waals surface area contributed by atoms with Crippen LogP contribution in [0.1, 0.15) is 75.8 Å². The van der Waals surface area contributed by atoms with Crippen molar-refractivity contribution in [2.24, 2.45) is 0 Å². The van der Waals surface area contributed by atoms with E-state index in [0.717, 1.165) is 17.9 Å². The molecule has 4 aromatic carbocycles. The molecule has 0 aliphatic heterocycles. The van der Waals surface area contributed by atoms with Crippen molar-refractivity contribution < 1.29 is 24.2 Å². The molecule has 0 nitrogen and oxygen atoms in total. The van der Waals surface area contributed by atoms with Crippen LogP contribution >= 0.6 is 11.6 Å². The summed E-state index contributed by atoms with van der Waals surface area (Å²) < 4.78 is 3.34. The van der Waals surface area contributed by atoms with Crippen LogP contribution < -0.4 is 0 Å². The van der Waals surface area contributed by atoms with Crippen molar-refractivity contribution in [1.82, 2.24) is 0 Å². The molecule has 0 fully saturated rings. The first-order chi connectivity index (χ1) is 19.9. The van der Waals surface area contributed by atoms with Gasteiger partial charge in [0.25, 0.3) is 0 Å². The van der Waals surface area contributed by atoms with Crippen molar-refractivity contribution in [2.45, 2.75) is 72.1 Å². The number of hydrogen-bond acceptors (Lipinski definition) is 0. The van der Waals surface area contributed by atoms with E-state index in [2.05, 4.69) is 113 Å². The fraction of sp³-hybridized carbons (Fsp3) is 0.275. The molecule has 0 saturated heterocycles. The Kier molecular flexibility index (Phi) is 14.8. The van der Waals surface area contributed by atoms with Gasteiger partial charge in [0.05, 0.1) is 0 Å². The van der Waals surface area contributed by atoms with E-state index in [9.17, 15) is 0 Å². The first kappa shape index (κ1) is 35.6. The van der Waals surface area contributed by atoms with Crippen molar-refractivity contribution in [3.05, 3.63) is 154 Å². The van der Waals surface area contributed by atoms with Gasteiger partial charge < -0.3 is 0 Å². The number of aryl methyl sites for hydroxylation is 1. The number of rotatable bonds is 0. The fourth-order valence-corrected chi connectivity index (χ4v) is 4.35. The van der Waals surface area contributed by atoms with Crippen LogP contribution in [0.2, 0.25) is 5.02 Å². The van der Waals surface area contributed by atoms with Crippen molar-refractivity contribution in [2.75, 3.05) is 0 Å². The van der Waals surface area contributed by atoms with Gasteiger partial charge in [0.15, 0.2) is 0 Å². The number of hydrogen-bond donors (Lipinski definition) is 0. The van der Waals surface area contributed by atoms with Crippen LogP contribution in [0.25, 0.3) is 11.1 Å². The summed E-state index contributed by atoms with van der Waals surface area (Å²) in [6, 6.07) is 36.0. The minimum atomic E-state index is 0.167. The monoisotopic (exact) mass is 648 g/mol. The second-order valence-electron chi connectivity index (χ2n) is 12.1. The first-order valence-corrected chi connectivity index (χ1v) is 16.4. The molecule has 0 radical (unpaired) electrons. The molecule has 0 N–H and O–H groups in total. The average Bonchev–Trinajstić information content (AvgIpc) is 3.66. The summed E-state index contributed by atoms with van der Waals surface area (Å²) in [6.07, 6.45) is 11.0. The Morgan fingerprint density at radius 2 is 1.50 bits per heavy atom. The van der Waals surface area contributed by atoms with E-state index in [0.29, 0.717) is 0 Å². The molecule has 218 valence electrons. The maximum absolute atomic E-state index is 5.51. The van der Waals surface area contributed by atoms with Crippen LogP contribution in [-0.2, 0) is 41.5 Å². The summed E-state index contributed by atoms with van der Waals surface area (Å²) in [5, 5.41) is 0.738. The van der Waals surface area contributed by atoms with Crippen molar-refractivity contribution in [3.8, 4) is 11.1 Å². The van der Waals surface area contributed by atoms with E-state index in [-0.39, 0.29) is 10.8 Å². The second kappa shape index (κ2) is 17.5. The summed E-state index contributed by atoms with van der Waals surface area (Å²) in [5.41, 5.74) is 10.00. The summed E-state index contributed by atoms with van der Waals surface area (Å²) in [6.45, 7) is 15.7. The van der Waals surface area contributed by atoms with Crippen LogP contribution in [0.4, 0.5) is 0 Å². The van der Waals surface area contributed by atoms with Crippen LogP contribution in [0.15, 0.2) is 97.1 Å². The zero-order chi connectivity index (χ0) is 31.2. The Morgan fingerprint density at radius 1 is 0.810 bits per heavy atom. The number of fused-ring (bicyclic) bond motifs is 3. The molecule has 0 aromatic heterocycles.